The van der Waals surface area contributed by atoms with Crippen molar-refractivity contribution in [1.82, 2.24) is 19.4 Å². The summed E-state index contributed by atoms with van der Waals surface area (Å²) in [6, 6.07) is 0.619. The number of amides is 1. The lowest BCUT2D eigenvalue weighted by molar-refractivity contribution is 0.0624. The first-order valence-corrected chi connectivity index (χ1v) is 8.82. The molecule has 0 unspecified atom stereocenters. The number of rotatable bonds is 3. The molecule has 126 valence electrons. The molecule has 1 aromatic rings. The quantitative estimate of drug-likeness (QED) is 0.859. The lowest BCUT2D eigenvalue weighted by atomic mass is 9.95. The average molecular weight is 318 g/mol. The molecule has 2 aliphatic heterocycles. The van der Waals surface area contributed by atoms with Crippen molar-refractivity contribution in [3.63, 3.8) is 0 Å². The van der Waals surface area contributed by atoms with Crippen LogP contribution in [0, 0.1) is 0 Å². The van der Waals surface area contributed by atoms with Crippen LogP contribution in [0.25, 0.3) is 0 Å². The normalized spacial score (nSPS) is 29.6. The second kappa shape index (κ2) is 5.82. The number of nitrogens with zero attached hydrogens (tertiary/aromatic N) is 4. The van der Waals surface area contributed by atoms with Crippen molar-refractivity contribution in [2.45, 2.75) is 56.7 Å². The number of likely N-dealkylation sites (tertiary alicyclic amines) is 1. The summed E-state index contributed by atoms with van der Waals surface area (Å²) in [6.45, 7) is 3.43. The number of ether oxygens (including phenoxy) is 1. The van der Waals surface area contributed by atoms with Crippen LogP contribution in [0.1, 0.15) is 50.3 Å². The Morgan fingerprint density at radius 3 is 2.87 bits per heavy atom. The number of hydrogen-bond donors (Lipinski definition) is 0. The van der Waals surface area contributed by atoms with E-state index < -0.39 is 0 Å². The van der Waals surface area contributed by atoms with E-state index in [1.165, 1.54) is 37.8 Å². The number of aromatic nitrogens is 2. The summed E-state index contributed by atoms with van der Waals surface area (Å²) in [5, 5.41) is 0. The third kappa shape index (κ3) is 2.84. The highest BCUT2D eigenvalue weighted by Crippen LogP contribution is 2.33. The van der Waals surface area contributed by atoms with Gasteiger partial charge in [-0.05, 0) is 12.8 Å². The molecule has 2 saturated heterocycles. The predicted molar refractivity (Wildman–Crippen MR) is 86.1 cm³/mol. The van der Waals surface area contributed by atoms with Crippen LogP contribution in [0.15, 0.2) is 12.5 Å². The van der Waals surface area contributed by atoms with E-state index in [0.29, 0.717) is 12.6 Å². The van der Waals surface area contributed by atoms with Gasteiger partial charge in [-0.15, -0.1) is 0 Å². The number of carbonyl (C=O) groups excluding carboxylic acids is 1. The van der Waals surface area contributed by atoms with Gasteiger partial charge in [-0.2, -0.15) is 0 Å². The lowest BCUT2D eigenvalue weighted by Crippen LogP contribution is -2.37. The van der Waals surface area contributed by atoms with Crippen LogP contribution in [0.4, 0.5) is 4.79 Å². The standard InChI is InChI=1S/C17H26N4O2/c1-19-11-17(23-16(19)22)7-8-20(12-17)10-15-9-18-13-21(15)14-5-3-2-4-6-14/h9,13-14H,2-8,10-12H2,1H3/t17-/m0/s1. The molecule has 1 aromatic heterocycles. The minimum absolute atomic E-state index is 0.181. The van der Waals surface area contributed by atoms with Gasteiger partial charge in [-0.3, -0.25) is 4.90 Å². The summed E-state index contributed by atoms with van der Waals surface area (Å²) in [4.78, 5) is 20.2. The van der Waals surface area contributed by atoms with Crippen LogP contribution < -0.4 is 0 Å². The van der Waals surface area contributed by atoms with Gasteiger partial charge in [0.05, 0.1) is 18.6 Å². The van der Waals surface area contributed by atoms with Crippen LogP contribution in [0.5, 0.6) is 0 Å². The van der Waals surface area contributed by atoms with Crippen LogP contribution in [0.3, 0.4) is 0 Å². The number of imidazole rings is 1. The molecule has 1 amide bonds. The summed E-state index contributed by atoms with van der Waals surface area (Å²) >= 11 is 0. The van der Waals surface area contributed by atoms with Gasteiger partial charge in [0.1, 0.15) is 5.60 Å². The summed E-state index contributed by atoms with van der Waals surface area (Å²) in [7, 11) is 1.82. The molecule has 3 heterocycles. The Kier molecular flexibility index (Phi) is 3.79. The van der Waals surface area contributed by atoms with Crippen molar-refractivity contribution in [3.05, 3.63) is 18.2 Å². The molecular formula is C17H26N4O2. The number of hydrogen-bond acceptors (Lipinski definition) is 4. The maximum absolute atomic E-state index is 11.7. The van der Waals surface area contributed by atoms with E-state index in [4.69, 9.17) is 4.74 Å². The molecule has 6 heteroatoms. The minimum atomic E-state index is -0.290. The van der Waals surface area contributed by atoms with Crippen molar-refractivity contribution in [2.75, 3.05) is 26.7 Å². The minimum Gasteiger partial charge on any atom is -0.439 e. The molecule has 1 atom stereocenters. The molecule has 4 rings (SSSR count). The van der Waals surface area contributed by atoms with E-state index in [9.17, 15) is 4.79 Å². The second-order valence-corrected chi connectivity index (χ2v) is 7.45. The molecule has 3 aliphatic rings. The molecule has 1 saturated carbocycles. The first-order valence-electron chi connectivity index (χ1n) is 8.82. The molecule has 0 radical (unpaired) electrons. The van der Waals surface area contributed by atoms with E-state index in [2.05, 4.69) is 14.5 Å². The Labute approximate surface area is 137 Å². The first-order chi connectivity index (χ1) is 11.2. The lowest BCUT2D eigenvalue weighted by Gasteiger charge is -2.26. The summed E-state index contributed by atoms with van der Waals surface area (Å²) in [5.74, 6) is 0. The van der Waals surface area contributed by atoms with Crippen LogP contribution >= 0.6 is 0 Å². The molecule has 0 N–H and O–H groups in total. The summed E-state index contributed by atoms with van der Waals surface area (Å²) < 4.78 is 8.03. The highest BCUT2D eigenvalue weighted by atomic mass is 16.6. The van der Waals surface area contributed by atoms with E-state index in [-0.39, 0.29) is 11.7 Å². The molecule has 3 fully saturated rings. The zero-order valence-electron chi connectivity index (χ0n) is 13.9. The highest BCUT2D eigenvalue weighted by molar-refractivity contribution is 5.70. The Bertz CT molecular complexity index is 581. The Morgan fingerprint density at radius 1 is 1.30 bits per heavy atom. The van der Waals surface area contributed by atoms with E-state index in [1.807, 2.05) is 19.6 Å². The summed E-state index contributed by atoms with van der Waals surface area (Å²) in [6.07, 6.45) is 11.3. The van der Waals surface area contributed by atoms with Crippen LogP contribution in [0.2, 0.25) is 0 Å². The number of likely N-dealkylation sites (N-methyl/N-ethyl adjacent to an activating group) is 1. The van der Waals surface area contributed by atoms with E-state index in [1.54, 1.807) is 4.90 Å². The fraction of sp³-hybridized carbons (Fsp3) is 0.765. The van der Waals surface area contributed by atoms with Crippen molar-refractivity contribution in [3.8, 4) is 0 Å². The van der Waals surface area contributed by atoms with Gasteiger partial charge in [0.15, 0.2) is 0 Å². The zero-order valence-corrected chi connectivity index (χ0v) is 13.9. The fourth-order valence-corrected chi connectivity index (χ4v) is 4.44. The molecule has 1 aliphatic carbocycles. The SMILES string of the molecule is CN1C[C@]2(CCN(Cc3cncn3C3CCCCC3)C2)OC1=O. The van der Waals surface area contributed by atoms with Gasteiger partial charge < -0.3 is 14.2 Å². The monoisotopic (exact) mass is 318 g/mol. The average Bonchev–Trinajstić information content (AvgIpc) is 3.22. The van der Waals surface area contributed by atoms with Gasteiger partial charge in [-0.25, -0.2) is 9.78 Å². The number of carbonyl (C=O) groups is 1. The second-order valence-electron chi connectivity index (χ2n) is 7.45. The predicted octanol–water partition coefficient (Wildman–Crippen LogP) is 2.41. The van der Waals surface area contributed by atoms with Gasteiger partial charge in [0.2, 0.25) is 0 Å². The molecule has 6 nitrogen and oxygen atoms in total. The molecular weight excluding hydrogens is 292 g/mol. The van der Waals surface area contributed by atoms with Gasteiger partial charge in [0.25, 0.3) is 0 Å². The van der Waals surface area contributed by atoms with Crippen molar-refractivity contribution in [1.29, 1.82) is 0 Å². The van der Waals surface area contributed by atoms with E-state index >= 15 is 0 Å². The maximum Gasteiger partial charge on any atom is 0.410 e. The zero-order chi connectivity index (χ0) is 15.9. The van der Waals surface area contributed by atoms with Gasteiger partial charge in [0, 0.05) is 45.3 Å². The third-order valence-electron chi connectivity index (χ3n) is 5.64. The molecule has 1 spiro atoms. The largest absolute Gasteiger partial charge is 0.439 e. The molecule has 23 heavy (non-hydrogen) atoms. The summed E-state index contributed by atoms with van der Waals surface area (Å²) in [5.41, 5.74) is 1.01. The first kappa shape index (κ1) is 15.0. The van der Waals surface area contributed by atoms with Crippen molar-refractivity contribution >= 4 is 6.09 Å². The van der Waals surface area contributed by atoms with Gasteiger partial charge in [-0.1, -0.05) is 19.3 Å². The third-order valence-corrected chi connectivity index (χ3v) is 5.64. The molecule has 0 bridgehead atoms. The topological polar surface area (TPSA) is 50.6 Å². The fourth-order valence-electron chi connectivity index (χ4n) is 4.44. The van der Waals surface area contributed by atoms with Crippen molar-refractivity contribution in [2.24, 2.45) is 0 Å². The smallest absolute Gasteiger partial charge is 0.410 e. The Balaban J connectivity index is 1.42. The highest BCUT2D eigenvalue weighted by Gasteiger charge is 2.48. The van der Waals surface area contributed by atoms with Gasteiger partial charge >= 0.3 is 6.09 Å². The van der Waals surface area contributed by atoms with E-state index in [0.717, 1.165) is 26.1 Å². The van der Waals surface area contributed by atoms with Crippen LogP contribution in [-0.2, 0) is 11.3 Å². The Morgan fingerprint density at radius 2 is 2.13 bits per heavy atom. The van der Waals surface area contributed by atoms with Crippen molar-refractivity contribution < 1.29 is 9.53 Å². The maximum atomic E-state index is 11.7. The van der Waals surface area contributed by atoms with Crippen LogP contribution in [-0.4, -0.2) is 57.7 Å². The molecule has 0 aromatic carbocycles. The Hall–Kier alpha value is -1.56.